The zero-order valence-corrected chi connectivity index (χ0v) is 18.0. The minimum Gasteiger partial charge on any atom is -0.355 e. The molecule has 4 rings (SSSR count). The fourth-order valence-corrected chi connectivity index (χ4v) is 4.83. The van der Waals surface area contributed by atoms with E-state index in [-0.39, 0.29) is 18.0 Å². The van der Waals surface area contributed by atoms with Crippen molar-refractivity contribution in [3.63, 3.8) is 0 Å². The van der Waals surface area contributed by atoms with Crippen molar-refractivity contribution >= 4 is 32.7 Å². The lowest BCUT2D eigenvalue weighted by atomic mass is 10.0. The summed E-state index contributed by atoms with van der Waals surface area (Å²) in [7, 11) is 0. The first-order valence-corrected chi connectivity index (χ1v) is 11.3. The van der Waals surface area contributed by atoms with Gasteiger partial charge in [-0.1, -0.05) is 48.6 Å². The maximum Gasteiger partial charge on any atom is 0.273 e. The van der Waals surface area contributed by atoms with Gasteiger partial charge in [0.05, 0.1) is 0 Å². The van der Waals surface area contributed by atoms with E-state index >= 15 is 0 Å². The quantitative estimate of drug-likeness (QED) is 0.589. The number of hydrogen-bond donors (Lipinski definition) is 1. The first-order valence-electron chi connectivity index (χ1n) is 10.5. The number of nitrogens with zero attached hydrogens (tertiary/aromatic N) is 4. The molecule has 0 aliphatic carbocycles. The van der Waals surface area contributed by atoms with Gasteiger partial charge >= 0.3 is 0 Å². The molecule has 3 heterocycles. The summed E-state index contributed by atoms with van der Waals surface area (Å²) in [5, 5.41) is 3.74. The molecule has 158 valence electrons. The number of piperidine rings is 1. The second kappa shape index (κ2) is 9.38. The maximum absolute atomic E-state index is 12.8. The Balaban J connectivity index is 1.36. The summed E-state index contributed by atoms with van der Waals surface area (Å²) >= 11 is 1.38. The highest BCUT2D eigenvalue weighted by molar-refractivity contribution is 7.22. The molecule has 1 saturated heterocycles. The zero-order chi connectivity index (χ0) is 20.9. The highest BCUT2D eigenvalue weighted by atomic mass is 32.1. The van der Waals surface area contributed by atoms with Crippen molar-refractivity contribution in [2.45, 2.75) is 39.2 Å². The molecule has 1 fully saturated rings. The Labute approximate surface area is 179 Å². The van der Waals surface area contributed by atoms with E-state index in [0.29, 0.717) is 22.8 Å². The molecule has 1 amide bonds. The van der Waals surface area contributed by atoms with Crippen LogP contribution in [0.3, 0.4) is 0 Å². The molecule has 2 aromatic heterocycles. The molecule has 8 heteroatoms. The van der Waals surface area contributed by atoms with Gasteiger partial charge in [-0.15, -0.1) is 0 Å². The van der Waals surface area contributed by atoms with Gasteiger partial charge in [-0.25, -0.2) is 4.98 Å². The molecule has 1 aliphatic heterocycles. The molecule has 0 spiro atoms. The Morgan fingerprint density at radius 1 is 1.30 bits per heavy atom. The lowest BCUT2D eigenvalue weighted by Crippen LogP contribution is -2.34. The summed E-state index contributed by atoms with van der Waals surface area (Å²) in [6, 6.07) is 10.2. The van der Waals surface area contributed by atoms with Gasteiger partial charge in [-0.2, -0.15) is 4.98 Å². The molecule has 7 nitrogen and oxygen atoms in total. The van der Waals surface area contributed by atoms with E-state index < -0.39 is 0 Å². The van der Waals surface area contributed by atoms with Crippen LogP contribution in [0.15, 0.2) is 41.5 Å². The molecule has 0 saturated carbocycles. The first-order chi connectivity index (χ1) is 14.6. The molecule has 1 N–H and O–H groups in total. The van der Waals surface area contributed by atoms with Crippen LogP contribution < -0.4 is 15.8 Å². The molecular formula is C22H27N5O2S. The summed E-state index contributed by atoms with van der Waals surface area (Å²) in [6.07, 6.45) is 5.56. The minimum absolute atomic E-state index is 0.0267. The van der Waals surface area contributed by atoms with Crippen molar-refractivity contribution in [1.82, 2.24) is 19.9 Å². The number of aromatic nitrogens is 3. The van der Waals surface area contributed by atoms with Gasteiger partial charge in [0.1, 0.15) is 17.6 Å². The molecule has 1 aliphatic rings. The van der Waals surface area contributed by atoms with Gasteiger partial charge in [0.15, 0.2) is 10.8 Å². The average Bonchev–Trinajstić information content (AvgIpc) is 3.19. The van der Waals surface area contributed by atoms with Crippen LogP contribution in [-0.2, 0) is 17.8 Å². The van der Waals surface area contributed by atoms with Crippen molar-refractivity contribution < 1.29 is 4.79 Å². The monoisotopic (exact) mass is 425 g/mol. The van der Waals surface area contributed by atoms with Crippen molar-refractivity contribution in [1.29, 1.82) is 0 Å². The summed E-state index contributed by atoms with van der Waals surface area (Å²) in [5.74, 6) is 0.446. The fraction of sp³-hybridized carbons (Fsp3) is 0.455. The van der Waals surface area contributed by atoms with Gasteiger partial charge in [-0.05, 0) is 37.2 Å². The second-order valence-electron chi connectivity index (χ2n) is 7.96. The molecule has 30 heavy (non-hydrogen) atoms. The normalized spacial score (nSPS) is 16.7. The summed E-state index contributed by atoms with van der Waals surface area (Å²) in [6.45, 7) is 4.71. The van der Waals surface area contributed by atoms with Gasteiger partial charge in [0.2, 0.25) is 5.91 Å². The van der Waals surface area contributed by atoms with Crippen LogP contribution in [0.4, 0.5) is 5.13 Å². The van der Waals surface area contributed by atoms with E-state index in [0.717, 1.165) is 37.5 Å². The number of amides is 1. The molecule has 1 aromatic carbocycles. The van der Waals surface area contributed by atoms with Crippen LogP contribution in [0, 0.1) is 5.92 Å². The third-order valence-corrected chi connectivity index (χ3v) is 6.51. The van der Waals surface area contributed by atoms with Crippen molar-refractivity contribution in [2.24, 2.45) is 5.92 Å². The standard InChI is InChI=1S/C22H27N5O2S/c1-16-7-6-12-26(13-16)22-25-20-19(30-22)21(29)27(15-24-20)14-18(28)23-11-5-10-17-8-3-2-4-9-17/h2-4,8-9,15-16H,5-7,10-14H2,1H3,(H,23,28)/t16-/m1/s1. The average molecular weight is 426 g/mol. The number of anilines is 1. The smallest absolute Gasteiger partial charge is 0.273 e. The van der Waals surface area contributed by atoms with Gasteiger partial charge < -0.3 is 10.2 Å². The Kier molecular flexibility index (Phi) is 6.42. The zero-order valence-electron chi connectivity index (χ0n) is 17.2. The molecule has 0 unspecified atom stereocenters. The van der Waals surface area contributed by atoms with Crippen LogP contribution in [0.25, 0.3) is 10.3 Å². The van der Waals surface area contributed by atoms with Gasteiger partial charge in [0, 0.05) is 19.6 Å². The predicted octanol–water partition coefficient (Wildman–Crippen LogP) is 2.84. The van der Waals surface area contributed by atoms with E-state index in [1.165, 1.54) is 34.2 Å². The molecular weight excluding hydrogens is 398 g/mol. The maximum atomic E-state index is 12.8. The van der Waals surface area contributed by atoms with Gasteiger partial charge in [-0.3, -0.25) is 14.2 Å². The molecule has 0 radical (unpaired) electrons. The molecule has 1 atom stereocenters. The summed E-state index contributed by atoms with van der Waals surface area (Å²) in [4.78, 5) is 36.2. The Morgan fingerprint density at radius 3 is 2.93 bits per heavy atom. The third kappa shape index (κ3) is 4.87. The number of benzene rings is 1. The van der Waals surface area contributed by atoms with Crippen molar-refractivity contribution in [3.8, 4) is 0 Å². The number of thiazole rings is 1. The Hall–Kier alpha value is -2.74. The van der Waals surface area contributed by atoms with Crippen LogP contribution in [0.1, 0.15) is 31.7 Å². The van der Waals surface area contributed by atoms with Crippen LogP contribution in [0.2, 0.25) is 0 Å². The number of nitrogens with one attached hydrogen (secondary N) is 1. The Morgan fingerprint density at radius 2 is 2.13 bits per heavy atom. The summed E-state index contributed by atoms with van der Waals surface area (Å²) in [5.41, 5.74) is 1.52. The highest BCUT2D eigenvalue weighted by Crippen LogP contribution is 2.28. The lowest BCUT2D eigenvalue weighted by Gasteiger charge is -2.30. The van der Waals surface area contributed by atoms with Crippen molar-refractivity contribution in [2.75, 3.05) is 24.5 Å². The predicted molar refractivity (Wildman–Crippen MR) is 120 cm³/mol. The molecule has 3 aromatic rings. The number of carbonyl (C=O) groups excluding carboxylic acids is 1. The van der Waals surface area contributed by atoms with Crippen molar-refractivity contribution in [3.05, 3.63) is 52.6 Å². The third-order valence-electron chi connectivity index (χ3n) is 5.42. The second-order valence-corrected chi connectivity index (χ2v) is 8.94. The summed E-state index contributed by atoms with van der Waals surface area (Å²) < 4.78 is 1.89. The van der Waals surface area contributed by atoms with Crippen LogP contribution >= 0.6 is 11.3 Å². The number of aryl methyl sites for hydroxylation is 1. The van der Waals surface area contributed by atoms with Crippen LogP contribution in [-0.4, -0.2) is 40.1 Å². The lowest BCUT2D eigenvalue weighted by molar-refractivity contribution is -0.121. The minimum atomic E-state index is -0.201. The van der Waals surface area contributed by atoms with E-state index in [1.807, 2.05) is 18.2 Å². The molecule has 0 bridgehead atoms. The number of carbonyl (C=O) groups is 1. The van der Waals surface area contributed by atoms with Crippen LogP contribution in [0.5, 0.6) is 0 Å². The largest absolute Gasteiger partial charge is 0.355 e. The fourth-order valence-electron chi connectivity index (χ4n) is 3.82. The number of fused-ring (bicyclic) bond motifs is 1. The number of rotatable bonds is 7. The SMILES string of the molecule is C[C@@H]1CCCN(c2nc3ncn(CC(=O)NCCCc4ccccc4)c(=O)c3s2)C1. The van der Waals surface area contributed by atoms with Gasteiger partial charge in [0.25, 0.3) is 5.56 Å². The highest BCUT2D eigenvalue weighted by Gasteiger charge is 2.21. The van der Waals surface area contributed by atoms with E-state index in [4.69, 9.17) is 0 Å². The van der Waals surface area contributed by atoms with E-state index in [9.17, 15) is 9.59 Å². The van der Waals surface area contributed by atoms with E-state index in [2.05, 4.69) is 39.2 Å². The first kappa shape index (κ1) is 20.5. The van der Waals surface area contributed by atoms with E-state index in [1.54, 1.807) is 0 Å². The topological polar surface area (TPSA) is 80.1 Å². The Bertz CT molecular complexity index is 1060. The number of hydrogen-bond acceptors (Lipinski definition) is 6.